The van der Waals surface area contributed by atoms with Gasteiger partial charge >= 0.3 is 0 Å². The number of hydrogen-bond donors (Lipinski definition) is 0. The summed E-state index contributed by atoms with van der Waals surface area (Å²) in [6, 6.07) is 9.88. The molecule has 2 aliphatic rings. The van der Waals surface area contributed by atoms with Crippen molar-refractivity contribution in [2.24, 2.45) is 5.92 Å². The van der Waals surface area contributed by atoms with Crippen LogP contribution in [-0.4, -0.2) is 39.0 Å². The monoisotopic (exact) mass is 326 g/mol. The summed E-state index contributed by atoms with van der Waals surface area (Å²) in [5, 5.41) is 8.44. The maximum absolute atomic E-state index is 12.6. The predicted octanol–water partition coefficient (Wildman–Crippen LogP) is 1.79. The van der Waals surface area contributed by atoms with Gasteiger partial charge in [0.25, 0.3) is 0 Å². The average Bonchev–Trinajstić information content (AvgIpc) is 3.35. The highest BCUT2D eigenvalue weighted by Crippen LogP contribution is 2.29. The first-order valence-corrected chi connectivity index (χ1v) is 8.60. The number of carbonyl (C=O) groups excluding carboxylic acids is 1. The van der Waals surface area contributed by atoms with Crippen molar-refractivity contribution in [3.8, 4) is 0 Å². The molecular formula is C18H22N4O2. The molecule has 0 spiro atoms. The summed E-state index contributed by atoms with van der Waals surface area (Å²) in [5.74, 6) is 0.888. The summed E-state index contributed by atoms with van der Waals surface area (Å²) in [6.45, 7) is 3.26. The molecule has 1 amide bonds. The molecule has 1 aliphatic carbocycles. The molecular weight excluding hydrogens is 304 g/mol. The van der Waals surface area contributed by atoms with E-state index < -0.39 is 0 Å². The van der Waals surface area contributed by atoms with Crippen molar-refractivity contribution in [2.45, 2.75) is 39.0 Å². The van der Waals surface area contributed by atoms with Crippen LogP contribution in [0.5, 0.6) is 0 Å². The molecule has 0 saturated heterocycles. The number of rotatable bonds is 6. The third kappa shape index (κ3) is 3.48. The largest absolute Gasteiger partial charge is 0.375 e. The zero-order valence-electron chi connectivity index (χ0n) is 13.7. The molecule has 126 valence electrons. The number of fused-ring (bicyclic) bond motifs is 1. The van der Waals surface area contributed by atoms with Crippen LogP contribution in [0.2, 0.25) is 0 Å². The SMILES string of the molecule is O=C(Cc1ccccc1)N1CCn2nnc(COCC3CC3)c2C1. The molecule has 1 aromatic heterocycles. The lowest BCUT2D eigenvalue weighted by atomic mass is 10.1. The fourth-order valence-electron chi connectivity index (χ4n) is 3.01. The van der Waals surface area contributed by atoms with Crippen LogP contribution >= 0.6 is 0 Å². The Kier molecular flexibility index (Phi) is 4.30. The van der Waals surface area contributed by atoms with Crippen molar-refractivity contribution in [3.63, 3.8) is 0 Å². The van der Waals surface area contributed by atoms with E-state index in [9.17, 15) is 4.79 Å². The molecule has 1 aromatic carbocycles. The molecule has 0 atom stereocenters. The second-order valence-electron chi connectivity index (χ2n) is 6.64. The Bertz CT molecular complexity index is 709. The number of benzene rings is 1. The number of ether oxygens (including phenoxy) is 1. The van der Waals surface area contributed by atoms with Crippen LogP contribution in [0.3, 0.4) is 0 Å². The van der Waals surface area contributed by atoms with E-state index in [4.69, 9.17) is 4.74 Å². The third-order valence-electron chi connectivity index (χ3n) is 4.68. The van der Waals surface area contributed by atoms with Gasteiger partial charge in [0.1, 0.15) is 5.69 Å². The zero-order chi connectivity index (χ0) is 16.4. The number of nitrogens with zero attached hydrogens (tertiary/aromatic N) is 4. The quantitative estimate of drug-likeness (QED) is 0.812. The molecule has 0 N–H and O–H groups in total. The molecule has 6 nitrogen and oxygen atoms in total. The lowest BCUT2D eigenvalue weighted by molar-refractivity contribution is -0.132. The van der Waals surface area contributed by atoms with Gasteiger partial charge in [-0.15, -0.1) is 5.10 Å². The molecule has 2 aromatic rings. The van der Waals surface area contributed by atoms with Gasteiger partial charge < -0.3 is 9.64 Å². The van der Waals surface area contributed by atoms with E-state index in [1.807, 2.05) is 39.9 Å². The van der Waals surface area contributed by atoms with Gasteiger partial charge in [-0.05, 0) is 24.3 Å². The van der Waals surface area contributed by atoms with Crippen LogP contribution in [0.4, 0.5) is 0 Å². The highest BCUT2D eigenvalue weighted by molar-refractivity contribution is 5.78. The van der Waals surface area contributed by atoms with Crippen LogP contribution in [0.25, 0.3) is 0 Å². The highest BCUT2D eigenvalue weighted by Gasteiger charge is 2.26. The molecule has 4 rings (SSSR count). The van der Waals surface area contributed by atoms with Crippen LogP contribution in [0.15, 0.2) is 30.3 Å². The lowest BCUT2D eigenvalue weighted by Crippen LogP contribution is -2.39. The Morgan fingerprint density at radius 3 is 2.83 bits per heavy atom. The minimum Gasteiger partial charge on any atom is -0.375 e. The maximum Gasteiger partial charge on any atom is 0.227 e. The number of hydrogen-bond acceptors (Lipinski definition) is 4. The number of aromatic nitrogens is 3. The smallest absolute Gasteiger partial charge is 0.227 e. The fourth-order valence-corrected chi connectivity index (χ4v) is 3.01. The van der Waals surface area contributed by atoms with Crippen LogP contribution in [0.1, 0.15) is 29.8 Å². The van der Waals surface area contributed by atoms with Crippen LogP contribution in [-0.2, 0) is 35.6 Å². The van der Waals surface area contributed by atoms with Gasteiger partial charge in [0.2, 0.25) is 5.91 Å². The summed E-state index contributed by atoms with van der Waals surface area (Å²) in [4.78, 5) is 14.5. The molecule has 0 bridgehead atoms. The lowest BCUT2D eigenvalue weighted by Gasteiger charge is -2.28. The Morgan fingerprint density at radius 1 is 1.21 bits per heavy atom. The number of carbonyl (C=O) groups is 1. The summed E-state index contributed by atoms with van der Waals surface area (Å²) < 4.78 is 7.65. The van der Waals surface area contributed by atoms with Crippen LogP contribution in [0, 0.1) is 5.92 Å². The van der Waals surface area contributed by atoms with Gasteiger partial charge in [-0.25, -0.2) is 4.68 Å². The van der Waals surface area contributed by atoms with Crippen molar-refractivity contribution in [3.05, 3.63) is 47.3 Å². The summed E-state index contributed by atoms with van der Waals surface area (Å²) >= 11 is 0. The first-order chi connectivity index (χ1) is 11.8. The molecule has 2 heterocycles. The second kappa shape index (κ2) is 6.73. The molecule has 6 heteroatoms. The van der Waals surface area contributed by atoms with Crippen molar-refractivity contribution in [2.75, 3.05) is 13.2 Å². The Morgan fingerprint density at radius 2 is 2.04 bits per heavy atom. The minimum absolute atomic E-state index is 0.151. The second-order valence-corrected chi connectivity index (χ2v) is 6.64. The highest BCUT2D eigenvalue weighted by atomic mass is 16.5. The predicted molar refractivity (Wildman–Crippen MR) is 88.0 cm³/mol. The minimum atomic E-state index is 0.151. The molecule has 0 unspecified atom stereocenters. The zero-order valence-corrected chi connectivity index (χ0v) is 13.7. The van der Waals surface area contributed by atoms with E-state index in [-0.39, 0.29) is 5.91 Å². The topological polar surface area (TPSA) is 60.2 Å². The van der Waals surface area contributed by atoms with Crippen molar-refractivity contribution >= 4 is 5.91 Å². The van der Waals surface area contributed by atoms with Crippen molar-refractivity contribution in [1.82, 2.24) is 19.9 Å². The van der Waals surface area contributed by atoms with E-state index >= 15 is 0 Å². The van der Waals surface area contributed by atoms with E-state index in [0.717, 1.165) is 29.5 Å². The van der Waals surface area contributed by atoms with Gasteiger partial charge in [0, 0.05) is 13.2 Å². The number of amides is 1. The molecule has 1 saturated carbocycles. The van der Waals surface area contributed by atoms with E-state index in [1.54, 1.807) is 0 Å². The summed E-state index contributed by atoms with van der Waals surface area (Å²) in [5.41, 5.74) is 2.93. The first-order valence-electron chi connectivity index (χ1n) is 8.60. The standard InChI is InChI=1S/C18H22N4O2/c23-18(10-14-4-2-1-3-5-14)21-8-9-22-17(11-21)16(19-20-22)13-24-12-15-6-7-15/h1-5,15H,6-13H2. The molecule has 0 radical (unpaired) electrons. The molecule has 24 heavy (non-hydrogen) atoms. The summed E-state index contributed by atoms with van der Waals surface area (Å²) in [6.07, 6.45) is 3.00. The van der Waals surface area contributed by atoms with E-state index in [1.165, 1.54) is 12.8 Å². The average molecular weight is 326 g/mol. The normalized spacial score (nSPS) is 16.9. The Hall–Kier alpha value is -2.21. The van der Waals surface area contributed by atoms with Gasteiger partial charge in [0.15, 0.2) is 0 Å². The van der Waals surface area contributed by atoms with Gasteiger partial charge in [-0.2, -0.15) is 0 Å². The van der Waals surface area contributed by atoms with Crippen molar-refractivity contribution < 1.29 is 9.53 Å². The fraction of sp³-hybridized carbons (Fsp3) is 0.500. The van der Waals surface area contributed by atoms with E-state index in [0.29, 0.717) is 32.7 Å². The Labute approximate surface area is 141 Å². The third-order valence-corrected chi connectivity index (χ3v) is 4.68. The van der Waals surface area contributed by atoms with Gasteiger partial charge in [0.05, 0.1) is 31.8 Å². The summed E-state index contributed by atoms with van der Waals surface area (Å²) in [7, 11) is 0. The van der Waals surface area contributed by atoms with Gasteiger partial charge in [-0.3, -0.25) is 4.79 Å². The van der Waals surface area contributed by atoms with Gasteiger partial charge in [-0.1, -0.05) is 35.5 Å². The maximum atomic E-state index is 12.6. The van der Waals surface area contributed by atoms with Crippen molar-refractivity contribution in [1.29, 1.82) is 0 Å². The Balaban J connectivity index is 1.38. The van der Waals surface area contributed by atoms with Crippen LogP contribution < -0.4 is 0 Å². The first kappa shape index (κ1) is 15.3. The molecule has 1 fully saturated rings. The van der Waals surface area contributed by atoms with E-state index in [2.05, 4.69) is 10.3 Å². The molecule has 1 aliphatic heterocycles.